The van der Waals surface area contributed by atoms with Crippen LogP contribution in [0.4, 0.5) is 0 Å². The van der Waals surface area contributed by atoms with Gasteiger partial charge in [-0.3, -0.25) is 0 Å². The van der Waals surface area contributed by atoms with E-state index in [4.69, 9.17) is 4.74 Å². The lowest BCUT2D eigenvalue weighted by Crippen LogP contribution is -2.26. The molecule has 0 radical (unpaired) electrons. The maximum Gasteiger partial charge on any atom is 0.0494 e. The molecule has 0 N–H and O–H groups in total. The van der Waals surface area contributed by atoms with Crippen molar-refractivity contribution in [2.75, 3.05) is 13.2 Å². The van der Waals surface area contributed by atoms with Gasteiger partial charge in [0.2, 0.25) is 0 Å². The van der Waals surface area contributed by atoms with Crippen molar-refractivity contribution in [3.8, 4) is 0 Å². The molecule has 2 aliphatic rings. The normalized spacial score (nSPS) is 33.4. The molecule has 0 saturated heterocycles. The number of allylic oxidation sites excluding steroid dienone is 2. The third-order valence-corrected chi connectivity index (χ3v) is 5.94. The lowest BCUT2D eigenvalue weighted by Gasteiger charge is -2.37. The second-order valence-corrected chi connectivity index (χ2v) is 7.75. The Morgan fingerprint density at radius 1 is 0.818 bits per heavy atom. The van der Waals surface area contributed by atoms with Gasteiger partial charge in [-0.25, -0.2) is 0 Å². The lowest BCUT2D eigenvalue weighted by molar-refractivity contribution is 0.0662. The fraction of sp³-hybridized carbons (Fsp3) is 0.905. The molecule has 1 nitrogen and oxygen atoms in total. The van der Waals surface area contributed by atoms with Crippen LogP contribution in [0.5, 0.6) is 0 Å². The Morgan fingerprint density at radius 2 is 1.45 bits per heavy atom. The summed E-state index contributed by atoms with van der Waals surface area (Å²) in [7, 11) is 0. The Labute approximate surface area is 138 Å². The predicted molar refractivity (Wildman–Crippen MR) is 96.1 cm³/mol. The number of hydrogen-bond acceptors (Lipinski definition) is 1. The highest BCUT2D eigenvalue weighted by molar-refractivity contribution is 4.92. The number of rotatable bonds is 8. The van der Waals surface area contributed by atoms with Crippen LogP contribution in [-0.2, 0) is 4.74 Å². The average Bonchev–Trinajstić information content (AvgIpc) is 2.57. The van der Waals surface area contributed by atoms with Crippen LogP contribution in [0.2, 0.25) is 0 Å². The molecule has 2 rings (SSSR count). The minimum atomic E-state index is 0.858. The monoisotopic (exact) mass is 306 g/mol. The molecule has 0 unspecified atom stereocenters. The first-order valence-corrected chi connectivity index (χ1v) is 10.1. The quantitative estimate of drug-likeness (QED) is 0.373. The Kier molecular flexibility index (Phi) is 8.59. The van der Waals surface area contributed by atoms with Gasteiger partial charge in [-0.05, 0) is 87.9 Å². The average molecular weight is 307 g/mol. The molecule has 0 bridgehead atoms. The first kappa shape index (κ1) is 18.0. The first-order chi connectivity index (χ1) is 10.8. The van der Waals surface area contributed by atoms with Gasteiger partial charge in [0.1, 0.15) is 0 Å². The van der Waals surface area contributed by atoms with Crippen LogP contribution in [0.25, 0.3) is 0 Å². The van der Waals surface area contributed by atoms with E-state index in [1.165, 1.54) is 64.2 Å². The van der Waals surface area contributed by atoms with Crippen molar-refractivity contribution in [2.24, 2.45) is 23.7 Å². The van der Waals surface area contributed by atoms with Gasteiger partial charge in [-0.1, -0.05) is 32.4 Å². The van der Waals surface area contributed by atoms with Crippen LogP contribution in [-0.4, -0.2) is 13.2 Å². The van der Waals surface area contributed by atoms with E-state index in [0.29, 0.717) is 0 Å². The Morgan fingerprint density at radius 3 is 2.05 bits per heavy atom. The maximum atomic E-state index is 5.76. The van der Waals surface area contributed by atoms with Crippen LogP contribution in [0.3, 0.4) is 0 Å². The molecule has 1 heteroatoms. The molecule has 0 aromatic carbocycles. The zero-order valence-electron chi connectivity index (χ0n) is 15.1. The van der Waals surface area contributed by atoms with Gasteiger partial charge in [0.05, 0.1) is 0 Å². The smallest absolute Gasteiger partial charge is 0.0494 e. The number of hydrogen-bond donors (Lipinski definition) is 0. The van der Waals surface area contributed by atoms with E-state index < -0.39 is 0 Å². The van der Waals surface area contributed by atoms with E-state index in [1.54, 1.807) is 0 Å². The van der Waals surface area contributed by atoms with Crippen LogP contribution in [0, 0.1) is 23.7 Å². The Hall–Kier alpha value is -0.300. The largest absolute Gasteiger partial charge is 0.381 e. The summed E-state index contributed by atoms with van der Waals surface area (Å²) < 4.78 is 5.76. The molecule has 2 saturated carbocycles. The number of ether oxygens (including phenoxy) is 1. The summed E-state index contributed by atoms with van der Waals surface area (Å²) in [6.45, 7) is 6.45. The van der Waals surface area contributed by atoms with E-state index in [2.05, 4.69) is 26.0 Å². The van der Waals surface area contributed by atoms with Gasteiger partial charge in [-0.15, -0.1) is 0 Å². The van der Waals surface area contributed by atoms with E-state index in [0.717, 1.165) is 43.3 Å². The summed E-state index contributed by atoms with van der Waals surface area (Å²) >= 11 is 0. The van der Waals surface area contributed by atoms with Crippen molar-refractivity contribution >= 4 is 0 Å². The molecule has 0 spiro atoms. The molecule has 0 aliphatic heterocycles. The van der Waals surface area contributed by atoms with Crippen LogP contribution in [0.15, 0.2) is 12.2 Å². The Bertz CT molecular complexity index is 293. The van der Waals surface area contributed by atoms with Gasteiger partial charge in [0.15, 0.2) is 0 Å². The lowest BCUT2D eigenvalue weighted by atomic mass is 9.69. The van der Waals surface area contributed by atoms with Gasteiger partial charge >= 0.3 is 0 Å². The molecule has 0 heterocycles. The summed E-state index contributed by atoms with van der Waals surface area (Å²) in [5.41, 5.74) is 0. The highest BCUT2D eigenvalue weighted by Crippen LogP contribution is 2.41. The molecule has 0 atom stereocenters. The fourth-order valence-corrected chi connectivity index (χ4v) is 4.48. The second-order valence-electron chi connectivity index (χ2n) is 7.75. The van der Waals surface area contributed by atoms with Crippen molar-refractivity contribution in [1.29, 1.82) is 0 Å². The van der Waals surface area contributed by atoms with E-state index in [9.17, 15) is 0 Å². The van der Waals surface area contributed by atoms with Crippen molar-refractivity contribution < 1.29 is 4.74 Å². The van der Waals surface area contributed by atoms with Gasteiger partial charge in [0.25, 0.3) is 0 Å². The second kappa shape index (κ2) is 10.5. The van der Waals surface area contributed by atoms with Gasteiger partial charge < -0.3 is 4.74 Å². The SMILES string of the molecule is CCCC=C[C@H]1CC[C@H]([C@H]2CC[C@H](COCCC)CC2)CC1. The highest BCUT2D eigenvalue weighted by Gasteiger charge is 2.30. The summed E-state index contributed by atoms with van der Waals surface area (Å²) in [5.74, 6) is 3.81. The topological polar surface area (TPSA) is 9.23 Å². The maximum absolute atomic E-state index is 5.76. The van der Waals surface area contributed by atoms with Crippen molar-refractivity contribution in [3.05, 3.63) is 12.2 Å². The molecule has 22 heavy (non-hydrogen) atoms. The molecular weight excluding hydrogens is 268 g/mol. The van der Waals surface area contributed by atoms with Crippen LogP contribution < -0.4 is 0 Å². The van der Waals surface area contributed by atoms with Crippen LogP contribution >= 0.6 is 0 Å². The summed E-state index contributed by atoms with van der Waals surface area (Å²) in [6.07, 6.45) is 20.3. The molecule has 0 amide bonds. The highest BCUT2D eigenvalue weighted by atomic mass is 16.5. The van der Waals surface area contributed by atoms with E-state index in [-0.39, 0.29) is 0 Å². The van der Waals surface area contributed by atoms with Crippen molar-refractivity contribution in [2.45, 2.75) is 84.5 Å². The minimum Gasteiger partial charge on any atom is -0.381 e. The van der Waals surface area contributed by atoms with E-state index in [1.807, 2.05) is 0 Å². The molecular formula is C21H38O. The van der Waals surface area contributed by atoms with Crippen LogP contribution in [0.1, 0.15) is 84.5 Å². The first-order valence-electron chi connectivity index (χ1n) is 10.1. The zero-order chi connectivity index (χ0) is 15.6. The Balaban J connectivity index is 1.62. The third kappa shape index (κ3) is 6.07. The predicted octanol–water partition coefficient (Wildman–Crippen LogP) is 6.38. The van der Waals surface area contributed by atoms with E-state index >= 15 is 0 Å². The summed E-state index contributed by atoms with van der Waals surface area (Å²) in [6, 6.07) is 0. The van der Waals surface area contributed by atoms with Gasteiger partial charge in [0, 0.05) is 13.2 Å². The number of unbranched alkanes of at least 4 members (excludes halogenated alkanes) is 1. The third-order valence-electron chi connectivity index (χ3n) is 5.94. The minimum absolute atomic E-state index is 0.858. The molecule has 0 aromatic rings. The molecule has 2 fully saturated rings. The van der Waals surface area contributed by atoms with Crippen molar-refractivity contribution in [3.63, 3.8) is 0 Å². The molecule has 0 aromatic heterocycles. The summed E-state index contributed by atoms with van der Waals surface area (Å²) in [4.78, 5) is 0. The summed E-state index contributed by atoms with van der Waals surface area (Å²) in [5, 5.41) is 0. The molecule has 128 valence electrons. The standard InChI is InChI=1S/C21H38O/c1-3-5-6-7-18-8-12-20(13-9-18)21-14-10-19(11-15-21)17-22-16-4-2/h6-7,18-21H,3-5,8-17H2,1-2H3/t18-,19-,20-,21-. The molecule has 2 aliphatic carbocycles. The van der Waals surface area contributed by atoms with Crippen molar-refractivity contribution in [1.82, 2.24) is 0 Å². The van der Waals surface area contributed by atoms with Gasteiger partial charge in [-0.2, -0.15) is 0 Å². The zero-order valence-corrected chi connectivity index (χ0v) is 15.1. The fourth-order valence-electron chi connectivity index (χ4n) is 4.48.